The molecule has 0 bridgehead atoms. The number of carbonyl (C=O) groups is 1. The third-order valence-electron chi connectivity index (χ3n) is 3.68. The van der Waals surface area contributed by atoms with Crippen LogP contribution in [0.15, 0.2) is 30.6 Å². The maximum atomic E-state index is 11.9. The van der Waals surface area contributed by atoms with Crippen molar-refractivity contribution < 1.29 is 4.79 Å². The van der Waals surface area contributed by atoms with Gasteiger partial charge in [0.2, 0.25) is 0 Å². The van der Waals surface area contributed by atoms with Gasteiger partial charge in [-0.2, -0.15) is 0 Å². The number of tetrazole rings is 1. The van der Waals surface area contributed by atoms with E-state index in [0.717, 1.165) is 24.2 Å². The highest BCUT2D eigenvalue weighted by Crippen LogP contribution is 2.17. The van der Waals surface area contributed by atoms with E-state index in [4.69, 9.17) is 0 Å². The molecule has 7 heteroatoms. The molecule has 1 aliphatic carbocycles. The van der Waals surface area contributed by atoms with E-state index in [0.29, 0.717) is 6.04 Å². The first-order chi connectivity index (χ1) is 10.3. The van der Waals surface area contributed by atoms with Crippen LogP contribution >= 0.6 is 0 Å². The van der Waals surface area contributed by atoms with E-state index >= 15 is 0 Å². The SMILES string of the molecule is O=C(Nc1ccc(-n2cnnn2)cc1)NC1CCCCC1. The molecule has 2 aromatic rings. The molecule has 0 unspecified atom stereocenters. The number of nitrogens with one attached hydrogen (secondary N) is 2. The minimum Gasteiger partial charge on any atom is -0.335 e. The largest absolute Gasteiger partial charge is 0.335 e. The van der Waals surface area contributed by atoms with Crippen LogP contribution in [-0.2, 0) is 0 Å². The van der Waals surface area contributed by atoms with Crippen LogP contribution < -0.4 is 10.6 Å². The van der Waals surface area contributed by atoms with Crippen LogP contribution in [0, 0.1) is 0 Å². The number of urea groups is 1. The Morgan fingerprint density at radius 2 is 1.90 bits per heavy atom. The van der Waals surface area contributed by atoms with Gasteiger partial charge in [0.05, 0.1) is 5.69 Å². The molecule has 1 aromatic heterocycles. The molecule has 1 fully saturated rings. The lowest BCUT2D eigenvalue weighted by atomic mass is 9.96. The maximum absolute atomic E-state index is 11.9. The molecule has 1 saturated carbocycles. The molecule has 0 radical (unpaired) electrons. The van der Waals surface area contributed by atoms with Gasteiger partial charge >= 0.3 is 6.03 Å². The third-order valence-corrected chi connectivity index (χ3v) is 3.68. The lowest BCUT2D eigenvalue weighted by Gasteiger charge is -2.22. The predicted octanol–water partition coefficient (Wildman–Crippen LogP) is 2.12. The van der Waals surface area contributed by atoms with Crippen molar-refractivity contribution in [1.29, 1.82) is 0 Å². The minimum atomic E-state index is -0.142. The van der Waals surface area contributed by atoms with Gasteiger partial charge in [0.15, 0.2) is 0 Å². The van der Waals surface area contributed by atoms with Gasteiger partial charge < -0.3 is 10.6 Å². The van der Waals surface area contributed by atoms with E-state index in [1.54, 1.807) is 4.68 Å². The van der Waals surface area contributed by atoms with Crippen LogP contribution in [0.4, 0.5) is 10.5 Å². The van der Waals surface area contributed by atoms with E-state index in [1.807, 2.05) is 24.3 Å². The van der Waals surface area contributed by atoms with Crippen LogP contribution in [0.2, 0.25) is 0 Å². The van der Waals surface area contributed by atoms with Gasteiger partial charge in [-0.1, -0.05) is 19.3 Å². The summed E-state index contributed by atoms with van der Waals surface area (Å²) in [6, 6.07) is 7.53. The van der Waals surface area contributed by atoms with Gasteiger partial charge in [-0.15, -0.1) is 5.10 Å². The smallest absolute Gasteiger partial charge is 0.319 e. The molecule has 0 spiro atoms. The number of amides is 2. The second kappa shape index (κ2) is 6.34. The molecule has 7 nitrogen and oxygen atoms in total. The van der Waals surface area contributed by atoms with Gasteiger partial charge in [0, 0.05) is 11.7 Å². The fraction of sp³-hybridized carbons (Fsp3) is 0.429. The quantitative estimate of drug-likeness (QED) is 0.905. The fourth-order valence-electron chi connectivity index (χ4n) is 2.58. The van der Waals surface area contributed by atoms with E-state index in [9.17, 15) is 4.79 Å². The van der Waals surface area contributed by atoms with E-state index < -0.39 is 0 Å². The van der Waals surface area contributed by atoms with Gasteiger partial charge in [-0.25, -0.2) is 9.48 Å². The molecule has 1 aromatic carbocycles. The lowest BCUT2D eigenvalue weighted by Crippen LogP contribution is -2.38. The van der Waals surface area contributed by atoms with Crippen molar-refractivity contribution in [2.75, 3.05) is 5.32 Å². The zero-order valence-corrected chi connectivity index (χ0v) is 11.7. The first-order valence-corrected chi connectivity index (χ1v) is 7.22. The Balaban J connectivity index is 1.56. The normalized spacial score (nSPS) is 15.6. The topological polar surface area (TPSA) is 84.7 Å². The summed E-state index contributed by atoms with van der Waals surface area (Å²) >= 11 is 0. The minimum absolute atomic E-state index is 0.142. The Labute approximate surface area is 122 Å². The highest BCUT2D eigenvalue weighted by atomic mass is 16.2. The summed E-state index contributed by atoms with van der Waals surface area (Å²) in [6.45, 7) is 0. The molecule has 1 heterocycles. The van der Waals surface area contributed by atoms with Crippen molar-refractivity contribution in [3.63, 3.8) is 0 Å². The van der Waals surface area contributed by atoms with Crippen LogP contribution in [0.3, 0.4) is 0 Å². The molecule has 3 rings (SSSR count). The van der Waals surface area contributed by atoms with Crippen LogP contribution in [0.25, 0.3) is 5.69 Å². The molecule has 2 N–H and O–H groups in total. The zero-order chi connectivity index (χ0) is 14.5. The van der Waals surface area contributed by atoms with Crippen LogP contribution in [0.5, 0.6) is 0 Å². The second-order valence-corrected chi connectivity index (χ2v) is 5.23. The van der Waals surface area contributed by atoms with E-state index in [1.165, 1.54) is 25.6 Å². The fourth-order valence-corrected chi connectivity index (χ4v) is 2.58. The highest BCUT2D eigenvalue weighted by Gasteiger charge is 2.15. The monoisotopic (exact) mass is 286 g/mol. The second-order valence-electron chi connectivity index (χ2n) is 5.23. The summed E-state index contributed by atoms with van der Waals surface area (Å²) < 4.78 is 1.56. The Morgan fingerprint density at radius 1 is 1.14 bits per heavy atom. The van der Waals surface area contributed by atoms with Gasteiger partial charge in [0.1, 0.15) is 6.33 Å². The van der Waals surface area contributed by atoms with E-state index in [-0.39, 0.29) is 6.03 Å². The summed E-state index contributed by atoms with van der Waals surface area (Å²) in [4.78, 5) is 11.9. The summed E-state index contributed by atoms with van der Waals surface area (Å²) in [6.07, 6.45) is 7.35. The number of nitrogens with zero attached hydrogens (tertiary/aromatic N) is 4. The molecule has 1 aliphatic rings. The first-order valence-electron chi connectivity index (χ1n) is 7.22. The third kappa shape index (κ3) is 3.56. The van der Waals surface area contributed by atoms with Gasteiger partial charge in [0.25, 0.3) is 0 Å². The average molecular weight is 286 g/mol. The average Bonchev–Trinajstić information content (AvgIpc) is 3.03. The van der Waals surface area contributed by atoms with Gasteiger partial charge in [-0.05, 0) is 47.5 Å². The Kier molecular flexibility index (Phi) is 4.09. The maximum Gasteiger partial charge on any atom is 0.319 e. The van der Waals surface area contributed by atoms with Crippen molar-refractivity contribution in [1.82, 2.24) is 25.5 Å². The molecule has 21 heavy (non-hydrogen) atoms. The van der Waals surface area contributed by atoms with Crippen molar-refractivity contribution in [2.24, 2.45) is 0 Å². The van der Waals surface area contributed by atoms with Crippen LogP contribution in [0.1, 0.15) is 32.1 Å². The number of hydrogen-bond acceptors (Lipinski definition) is 4. The molecular formula is C14H18N6O. The highest BCUT2D eigenvalue weighted by molar-refractivity contribution is 5.89. The lowest BCUT2D eigenvalue weighted by molar-refractivity contribution is 0.244. The van der Waals surface area contributed by atoms with Crippen molar-refractivity contribution in [3.8, 4) is 5.69 Å². The summed E-state index contributed by atoms with van der Waals surface area (Å²) in [7, 11) is 0. The Hall–Kier alpha value is -2.44. The first kappa shape index (κ1) is 13.5. The number of anilines is 1. The summed E-state index contributed by atoms with van der Waals surface area (Å²) in [5.41, 5.74) is 1.60. The Morgan fingerprint density at radius 3 is 2.57 bits per heavy atom. The molecule has 0 atom stereocenters. The standard InChI is InChI=1S/C14H18N6O/c21-14(16-11-4-2-1-3-5-11)17-12-6-8-13(9-7-12)20-10-15-18-19-20/h6-11H,1-5H2,(H2,16,17,21). The number of rotatable bonds is 3. The molecule has 0 saturated heterocycles. The number of hydrogen-bond donors (Lipinski definition) is 2. The number of benzene rings is 1. The van der Waals surface area contributed by atoms with E-state index in [2.05, 4.69) is 26.2 Å². The number of aromatic nitrogens is 4. The van der Waals surface area contributed by atoms with Crippen molar-refractivity contribution in [3.05, 3.63) is 30.6 Å². The zero-order valence-electron chi connectivity index (χ0n) is 11.7. The molecule has 0 aliphatic heterocycles. The number of carbonyl (C=O) groups excluding carboxylic acids is 1. The summed E-state index contributed by atoms with van der Waals surface area (Å²) in [5.74, 6) is 0. The summed E-state index contributed by atoms with van der Waals surface area (Å²) in [5, 5.41) is 16.9. The van der Waals surface area contributed by atoms with Crippen molar-refractivity contribution >= 4 is 11.7 Å². The molecular weight excluding hydrogens is 268 g/mol. The van der Waals surface area contributed by atoms with Gasteiger partial charge in [-0.3, -0.25) is 0 Å². The van der Waals surface area contributed by atoms with Crippen molar-refractivity contribution in [2.45, 2.75) is 38.1 Å². The molecule has 2 amide bonds. The Bertz CT molecular complexity index is 574. The van der Waals surface area contributed by atoms with Crippen LogP contribution in [-0.4, -0.2) is 32.3 Å². The molecule has 110 valence electrons. The predicted molar refractivity (Wildman–Crippen MR) is 78.2 cm³/mol.